The molecule has 3 aliphatic heterocycles. The number of anilines is 1. The number of nitrogens with zero attached hydrogens (tertiary/aromatic N) is 6. The molecule has 22 heteroatoms. The average molecular weight is 911 g/mol. The number of carbonyl (C=O) groups is 5. The minimum atomic E-state index is -4.93. The third kappa shape index (κ3) is 13.5. The van der Waals surface area contributed by atoms with Gasteiger partial charge in [0.05, 0.1) is 24.5 Å². The number of rotatable bonds is 6. The smallest absolute Gasteiger partial charge is 0.444 e. The van der Waals surface area contributed by atoms with E-state index in [-0.39, 0.29) is 76.4 Å². The normalized spacial score (nSPS) is 16.5. The van der Waals surface area contributed by atoms with E-state index in [1.807, 2.05) is 6.07 Å². The quantitative estimate of drug-likeness (QED) is 0.260. The summed E-state index contributed by atoms with van der Waals surface area (Å²) in [6.45, 7) is 9.94. The lowest BCUT2D eigenvalue weighted by Gasteiger charge is -2.39. The van der Waals surface area contributed by atoms with Crippen molar-refractivity contribution in [3.63, 3.8) is 0 Å². The molecule has 5 amide bonds. The molecule has 64 heavy (non-hydrogen) atoms. The van der Waals surface area contributed by atoms with Crippen molar-refractivity contribution in [3.8, 4) is 0 Å². The summed E-state index contributed by atoms with van der Waals surface area (Å²) in [5, 5.41) is 3.44. The third-order valence-electron chi connectivity index (χ3n) is 10.3. The van der Waals surface area contributed by atoms with Gasteiger partial charge in [-0.15, -0.1) is 0 Å². The van der Waals surface area contributed by atoms with Crippen molar-refractivity contribution >= 4 is 46.8 Å². The molecule has 0 aromatic carbocycles. The molecule has 2 fully saturated rings. The Morgan fingerprint density at radius 1 is 0.656 bits per heavy atom. The van der Waals surface area contributed by atoms with Gasteiger partial charge in [-0.05, 0) is 103 Å². The molecule has 0 bridgehead atoms. The number of fused-ring (bicyclic) bond motifs is 2. The zero-order chi connectivity index (χ0) is 47.4. The standard InChI is InChI=1S/C21H27F3N4O4.C21H25F3N4O4/c2*1-20(2,3)32-19(31)28(15-8-10-27(11-9-15)18(30)21(22,23)24)12-14-6-4-13-5-7-16(29)26-17(13)25-14/h4,6,15H,5,7-12H2,1-3H3,(H,25,26,29);4-7,15H,8-12H2,1-3H3,(H,25,26,29). The Morgan fingerprint density at radius 2 is 1.09 bits per heavy atom. The molecule has 0 spiro atoms. The Kier molecular flexibility index (Phi) is 14.9. The van der Waals surface area contributed by atoms with Crippen LogP contribution in [0.15, 0.2) is 41.2 Å². The van der Waals surface area contributed by atoms with Crippen LogP contribution < -0.4 is 10.9 Å². The van der Waals surface area contributed by atoms with Crippen molar-refractivity contribution in [2.45, 2.75) is 129 Å². The zero-order valence-electron chi connectivity index (χ0n) is 36.3. The maximum atomic E-state index is 12.9. The van der Waals surface area contributed by atoms with Gasteiger partial charge in [0, 0.05) is 56.1 Å². The fraction of sp³-hybridized carbons (Fsp3) is 0.571. The number of aromatic amines is 1. The molecule has 2 saturated heterocycles. The summed E-state index contributed by atoms with van der Waals surface area (Å²) in [5.41, 5.74) is 0.419. The number of ether oxygens (including phenoxy) is 2. The van der Waals surface area contributed by atoms with Crippen molar-refractivity contribution < 1.29 is 59.8 Å². The molecule has 0 unspecified atom stereocenters. The van der Waals surface area contributed by atoms with Gasteiger partial charge in [-0.3, -0.25) is 29.0 Å². The second kappa shape index (κ2) is 19.4. The first-order valence-electron chi connectivity index (χ1n) is 20.7. The van der Waals surface area contributed by atoms with Gasteiger partial charge >= 0.3 is 36.4 Å². The van der Waals surface area contributed by atoms with Crippen LogP contribution in [-0.2, 0) is 43.4 Å². The number of aromatic nitrogens is 3. The first kappa shape index (κ1) is 49.1. The van der Waals surface area contributed by atoms with Gasteiger partial charge in [0.15, 0.2) is 0 Å². The average Bonchev–Trinajstić information content (AvgIpc) is 3.19. The molecule has 0 atom stereocenters. The van der Waals surface area contributed by atoms with Crippen molar-refractivity contribution in [3.05, 3.63) is 63.7 Å². The molecule has 0 saturated carbocycles. The lowest BCUT2D eigenvalue weighted by molar-refractivity contribution is -0.186. The van der Waals surface area contributed by atoms with E-state index < -0.39 is 59.6 Å². The van der Waals surface area contributed by atoms with Crippen LogP contribution in [0, 0.1) is 0 Å². The van der Waals surface area contributed by atoms with Crippen LogP contribution in [0.5, 0.6) is 0 Å². The number of nitrogens with one attached hydrogen (secondary N) is 2. The maximum Gasteiger partial charge on any atom is 0.471 e. The molecule has 16 nitrogen and oxygen atoms in total. The van der Waals surface area contributed by atoms with Gasteiger partial charge in [-0.2, -0.15) is 26.3 Å². The highest BCUT2D eigenvalue weighted by Crippen LogP contribution is 2.29. The predicted molar refractivity (Wildman–Crippen MR) is 218 cm³/mol. The van der Waals surface area contributed by atoms with Crippen molar-refractivity contribution in [1.29, 1.82) is 0 Å². The van der Waals surface area contributed by atoms with Crippen LogP contribution in [0.2, 0.25) is 0 Å². The fourth-order valence-electron chi connectivity index (χ4n) is 7.32. The molecule has 6 heterocycles. The van der Waals surface area contributed by atoms with E-state index in [1.165, 1.54) is 15.9 Å². The van der Waals surface area contributed by atoms with Crippen LogP contribution in [0.4, 0.5) is 41.7 Å². The van der Waals surface area contributed by atoms with Gasteiger partial charge < -0.3 is 29.6 Å². The van der Waals surface area contributed by atoms with E-state index in [0.717, 1.165) is 20.7 Å². The molecular weight excluding hydrogens is 858 g/mol. The van der Waals surface area contributed by atoms with Crippen LogP contribution in [0.25, 0.3) is 11.0 Å². The van der Waals surface area contributed by atoms with Crippen LogP contribution in [0.1, 0.15) is 90.6 Å². The molecule has 0 aliphatic carbocycles. The van der Waals surface area contributed by atoms with E-state index in [1.54, 1.807) is 65.8 Å². The molecular formula is C42H52F6N8O8. The highest BCUT2D eigenvalue weighted by atomic mass is 19.4. The van der Waals surface area contributed by atoms with Crippen molar-refractivity contribution in [1.82, 2.24) is 34.6 Å². The maximum absolute atomic E-state index is 12.9. The number of aryl methyl sites for hydroxylation is 1. The van der Waals surface area contributed by atoms with E-state index in [2.05, 4.69) is 20.3 Å². The van der Waals surface area contributed by atoms with Crippen LogP contribution >= 0.6 is 0 Å². The number of likely N-dealkylation sites (tertiary alicyclic amines) is 2. The van der Waals surface area contributed by atoms with E-state index in [9.17, 15) is 55.1 Å². The molecule has 3 aliphatic rings. The number of amides is 5. The minimum Gasteiger partial charge on any atom is -0.444 e. The first-order chi connectivity index (χ1) is 29.7. The summed E-state index contributed by atoms with van der Waals surface area (Å²) in [4.78, 5) is 88.0. The third-order valence-corrected chi connectivity index (χ3v) is 10.3. The largest absolute Gasteiger partial charge is 0.471 e. The number of pyridine rings is 3. The summed E-state index contributed by atoms with van der Waals surface area (Å²) >= 11 is 0. The molecule has 3 aromatic rings. The lowest BCUT2D eigenvalue weighted by Crippen LogP contribution is -2.52. The highest BCUT2D eigenvalue weighted by Gasteiger charge is 2.45. The van der Waals surface area contributed by atoms with E-state index in [4.69, 9.17) is 9.47 Å². The van der Waals surface area contributed by atoms with Gasteiger partial charge in [-0.25, -0.2) is 19.6 Å². The van der Waals surface area contributed by atoms with Gasteiger partial charge in [0.2, 0.25) is 11.5 Å². The van der Waals surface area contributed by atoms with Gasteiger partial charge in [-0.1, -0.05) is 6.07 Å². The molecule has 0 radical (unpaired) electrons. The Hall–Kier alpha value is -5.96. The number of alkyl halides is 6. The summed E-state index contributed by atoms with van der Waals surface area (Å²) in [6.07, 6.45) is -9.41. The number of carbonyl (C=O) groups excluding carboxylic acids is 5. The summed E-state index contributed by atoms with van der Waals surface area (Å²) < 4.78 is 87.5. The van der Waals surface area contributed by atoms with Crippen LogP contribution in [0.3, 0.4) is 0 Å². The summed E-state index contributed by atoms with van der Waals surface area (Å²) in [6, 6.07) is 9.22. The second-order valence-electron chi connectivity index (χ2n) is 17.7. The lowest BCUT2D eigenvalue weighted by atomic mass is 10.0. The Morgan fingerprint density at radius 3 is 1.55 bits per heavy atom. The first-order valence-corrected chi connectivity index (χ1v) is 20.7. The van der Waals surface area contributed by atoms with Crippen molar-refractivity contribution in [2.24, 2.45) is 0 Å². The number of hydrogen-bond acceptors (Lipinski definition) is 10. The minimum absolute atomic E-state index is 0.0413. The van der Waals surface area contributed by atoms with Gasteiger partial charge in [0.1, 0.15) is 22.7 Å². The van der Waals surface area contributed by atoms with E-state index in [0.29, 0.717) is 35.7 Å². The zero-order valence-corrected chi connectivity index (χ0v) is 36.3. The molecule has 350 valence electrons. The Labute approximate surface area is 364 Å². The second-order valence-corrected chi connectivity index (χ2v) is 17.7. The predicted octanol–water partition coefficient (Wildman–Crippen LogP) is 6.47. The summed E-state index contributed by atoms with van der Waals surface area (Å²) in [7, 11) is 0. The molecule has 2 N–H and O–H groups in total. The Bertz CT molecular complexity index is 2260. The number of hydrogen-bond donors (Lipinski definition) is 2. The van der Waals surface area contributed by atoms with Gasteiger partial charge in [0.25, 0.3) is 0 Å². The van der Waals surface area contributed by atoms with E-state index >= 15 is 0 Å². The molecule has 6 rings (SSSR count). The highest BCUT2D eigenvalue weighted by molar-refractivity contribution is 5.92. The number of H-pyrrole nitrogens is 1. The van der Waals surface area contributed by atoms with Crippen LogP contribution in [-0.4, -0.2) is 126 Å². The Balaban J connectivity index is 0.000000241. The monoisotopic (exact) mass is 910 g/mol. The molecule has 3 aromatic heterocycles. The topological polar surface area (TPSA) is 187 Å². The number of halogens is 6. The SMILES string of the molecule is CC(C)(C)OC(=O)N(Cc1ccc2c(n1)NC(=O)CC2)C1CCN(C(=O)C(F)(F)F)CC1.CC(C)(C)OC(=O)N(Cc1ccc2ccc(=O)[nH]c2n1)C1CCN(C(=O)C(F)(F)F)CC1. The number of piperidine rings is 2. The summed E-state index contributed by atoms with van der Waals surface area (Å²) in [5.74, 6) is -3.42. The fourth-order valence-corrected chi connectivity index (χ4v) is 7.32. The van der Waals surface area contributed by atoms with Crippen molar-refractivity contribution in [2.75, 3.05) is 31.5 Å².